The molecular weight excluding hydrogens is 331 g/mol. The van der Waals surface area contributed by atoms with Crippen LogP contribution in [0, 0.1) is 17.7 Å². The zero-order chi connectivity index (χ0) is 17.9. The highest BCUT2D eigenvalue weighted by atomic mass is 19.3. The molecule has 0 saturated heterocycles. The summed E-state index contributed by atoms with van der Waals surface area (Å²) in [6.45, 7) is 3.60. The van der Waals surface area contributed by atoms with Crippen LogP contribution in [0.3, 0.4) is 0 Å². The van der Waals surface area contributed by atoms with Gasteiger partial charge in [-0.3, -0.25) is 0 Å². The minimum atomic E-state index is -3.62. The summed E-state index contributed by atoms with van der Waals surface area (Å²) >= 11 is 0. The second-order valence-corrected chi connectivity index (χ2v) is 6.14. The average molecular weight is 352 g/mol. The van der Waals surface area contributed by atoms with Crippen molar-refractivity contribution >= 4 is 0 Å². The van der Waals surface area contributed by atoms with Gasteiger partial charge in [-0.2, -0.15) is 8.78 Å². The van der Waals surface area contributed by atoms with Gasteiger partial charge in [-0.1, -0.05) is 19.8 Å². The number of rotatable bonds is 6. The molecule has 1 aliphatic rings. The molecule has 24 heavy (non-hydrogen) atoms. The number of alkyl halides is 4. The van der Waals surface area contributed by atoms with Crippen LogP contribution >= 0.6 is 0 Å². The van der Waals surface area contributed by atoms with E-state index in [9.17, 15) is 22.0 Å². The fourth-order valence-corrected chi connectivity index (χ4v) is 2.94. The molecule has 0 amide bonds. The number of benzene rings is 1. The van der Waals surface area contributed by atoms with E-state index in [2.05, 4.69) is 4.74 Å². The molecule has 0 atom stereocenters. The van der Waals surface area contributed by atoms with Gasteiger partial charge in [-0.15, -0.1) is 0 Å². The molecule has 2 nitrogen and oxygen atoms in total. The maximum absolute atomic E-state index is 14.3. The number of hydrogen-bond acceptors (Lipinski definition) is 2. The third-order valence-electron chi connectivity index (χ3n) is 4.36. The molecule has 7 heteroatoms. The lowest BCUT2D eigenvalue weighted by molar-refractivity contribution is -0.224. The first-order valence-electron chi connectivity index (χ1n) is 8.06. The molecule has 2 rings (SSSR count). The number of hydrogen-bond donors (Lipinski definition) is 0. The van der Waals surface area contributed by atoms with Crippen LogP contribution in [0.4, 0.5) is 22.0 Å². The van der Waals surface area contributed by atoms with Gasteiger partial charge in [0.2, 0.25) is 0 Å². The SMILES string of the molecule is CCOc1ccc(OC(F)(F)C2CCC(C)CC2)c(C(F)F)c1F. The van der Waals surface area contributed by atoms with Gasteiger partial charge >= 0.3 is 6.11 Å². The quantitative estimate of drug-likeness (QED) is 0.588. The molecule has 0 radical (unpaired) electrons. The first kappa shape index (κ1) is 18.8. The van der Waals surface area contributed by atoms with Gasteiger partial charge in [0.25, 0.3) is 6.43 Å². The first-order valence-corrected chi connectivity index (χ1v) is 8.06. The van der Waals surface area contributed by atoms with E-state index in [4.69, 9.17) is 4.74 Å². The van der Waals surface area contributed by atoms with Gasteiger partial charge in [-0.25, -0.2) is 13.2 Å². The van der Waals surface area contributed by atoms with Gasteiger partial charge in [-0.05, 0) is 37.8 Å². The van der Waals surface area contributed by atoms with E-state index in [-0.39, 0.29) is 19.4 Å². The highest BCUT2D eigenvalue weighted by molar-refractivity contribution is 5.43. The summed E-state index contributed by atoms with van der Waals surface area (Å²) in [6.07, 6.45) is -5.16. The summed E-state index contributed by atoms with van der Waals surface area (Å²) in [6, 6.07) is 1.94. The summed E-state index contributed by atoms with van der Waals surface area (Å²) in [5, 5.41) is 0. The third kappa shape index (κ3) is 4.11. The van der Waals surface area contributed by atoms with E-state index in [1.165, 1.54) is 0 Å². The third-order valence-corrected chi connectivity index (χ3v) is 4.36. The predicted molar refractivity (Wildman–Crippen MR) is 79.2 cm³/mol. The van der Waals surface area contributed by atoms with Crippen molar-refractivity contribution in [3.63, 3.8) is 0 Å². The van der Waals surface area contributed by atoms with Crippen LogP contribution in [0.25, 0.3) is 0 Å². The second kappa shape index (κ2) is 7.57. The van der Waals surface area contributed by atoms with E-state index >= 15 is 0 Å². The molecule has 0 heterocycles. The highest BCUT2D eigenvalue weighted by Crippen LogP contribution is 2.43. The van der Waals surface area contributed by atoms with Crippen molar-refractivity contribution in [3.05, 3.63) is 23.5 Å². The average Bonchev–Trinajstić information content (AvgIpc) is 2.50. The highest BCUT2D eigenvalue weighted by Gasteiger charge is 2.44. The van der Waals surface area contributed by atoms with E-state index in [0.717, 1.165) is 12.1 Å². The zero-order valence-electron chi connectivity index (χ0n) is 13.6. The fourth-order valence-electron chi connectivity index (χ4n) is 2.94. The van der Waals surface area contributed by atoms with Crippen molar-refractivity contribution in [3.8, 4) is 11.5 Å². The van der Waals surface area contributed by atoms with Crippen molar-refractivity contribution in [2.24, 2.45) is 11.8 Å². The molecule has 0 spiro atoms. The summed E-state index contributed by atoms with van der Waals surface area (Å²) in [7, 11) is 0. The molecule has 0 aromatic heterocycles. The summed E-state index contributed by atoms with van der Waals surface area (Å²) in [5.74, 6) is -3.31. The van der Waals surface area contributed by atoms with Gasteiger partial charge in [0.15, 0.2) is 11.6 Å². The normalized spacial score (nSPS) is 21.8. The van der Waals surface area contributed by atoms with Crippen molar-refractivity contribution in [1.29, 1.82) is 0 Å². The Balaban J connectivity index is 2.26. The predicted octanol–water partition coefficient (Wildman–Crippen LogP) is 5.96. The van der Waals surface area contributed by atoms with E-state index in [1.54, 1.807) is 6.92 Å². The molecule has 1 aliphatic carbocycles. The lowest BCUT2D eigenvalue weighted by atomic mass is 9.82. The van der Waals surface area contributed by atoms with E-state index < -0.39 is 41.3 Å². The Kier molecular flexibility index (Phi) is 5.93. The standard InChI is InChI=1S/C17H21F5O2/c1-3-23-13-9-8-12(14(15(13)18)16(19)20)24-17(21,22)11-6-4-10(2)5-7-11/h8-11,16H,3-7H2,1-2H3. The minimum Gasteiger partial charge on any atom is -0.491 e. The smallest absolute Gasteiger partial charge is 0.400 e. The first-order chi connectivity index (χ1) is 11.3. The van der Waals surface area contributed by atoms with Crippen molar-refractivity contribution < 1.29 is 31.4 Å². The Labute approximate surface area is 137 Å². The van der Waals surface area contributed by atoms with Crippen molar-refractivity contribution in [2.45, 2.75) is 52.1 Å². The van der Waals surface area contributed by atoms with E-state index in [1.807, 2.05) is 6.92 Å². The zero-order valence-corrected chi connectivity index (χ0v) is 13.6. The maximum atomic E-state index is 14.3. The Morgan fingerprint density at radius 1 is 1.12 bits per heavy atom. The van der Waals surface area contributed by atoms with Crippen LogP contribution in [0.5, 0.6) is 11.5 Å². The Morgan fingerprint density at radius 3 is 2.25 bits per heavy atom. The van der Waals surface area contributed by atoms with Crippen molar-refractivity contribution in [2.75, 3.05) is 6.61 Å². The van der Waals surface area contributed by atoms with Crippen LogP contribution in [-0.2, 0) is 0 Å². The van der Waals surface area contributed by atoms with Crippen LogP contribution in [0.15, 0.2) is 12.1 Å². The summed E-state index contributed by atoms with van der Waals surface area (Å²) < 4.78 is 78.5. The molecule has 0 unspecified atom stereocenters. The Hall–Kier alpha value is -1.53. The van der Waals surface area contributed by atoms with Gasteiger partial charge in [0.1, 0.15) is 5.75 Å². The Bertz CT molecular complexity index is 554. The molecule has 1 fully saturated rings. The molecule has 1 aromatic carbocycles. The maximum Gasteiger partial charge on any atom is 0.400 e. The lowest BCUT2D eigenvalue weighted by Gasteiger charge is -2.32. The lowest BCUT2D eigenvalue weighted by Crippen LogP contribution is -2.37. The molecular formula is C17H21F5O2. The molecule has 0 bridgehead atoms. The largest absolute Gasteiger partial charge is 0.491 e. The van der Waals surface area contributed by atoms with Crippen LogP contribution < -0.4 is 9.47 Å². The number of halogens is 5. The van der Waals surface area contributed by atoms with Crippen LogP contribution in [-0.4, -0.2) is 12.7 Å². The van der Waals surface area contributed by atoms with Gasteiger partial charge in [0.05, 0.1) is 18.1 Å². The van der Waals surface area contributed by atoms with Crippen LogP contribution in [0.1, 0.15) is 51.5 Å². The Morgan fingerprint density at radius 2 is 1.71 bits per heavy atom. The topological polar surface area (TPSA) is 18.5 Å². The van der Waals surface area contributed by atoms with Gasteiger partial charge in [0, 0.05) is 0 Å². The molecule has 0 N–H and O–H groups in total. The van der Waals surface area contributed by atoms with Crippen molar-refractivity contribution in [1.82, 2.24) is 0 Å². The molecule has 1 saturated carbocycles. The molecule has 136 valence electrons. The summed E-state index contributed by atoms with van der Waals surface area (Å²) in [4.78, 5) is 0. The number of ether oxygens (including phenoxy) is 2. The minimum absolute atomic E-state index is 0.0657. The van der Waals surface area contributed by atoms with Gasteiger partial charge < -0.3 is 9.47 Å². The summed E-state index contributed by atoms with van der Waals surface area (Å²) in [5.41, 5.74) is -1.19. The second-order valence-electron chi connectivity index (χ2n) is 6.14. The molecule has 0 aliphatic heterocycles. The van der Waals surface area contributed by atoms with E-state index in [0.29, 0.717) is 18.8 Å². The van der Waals surface area contributed by atoms with Crippen LogP contribution in [0.2, 0.25) is 0 Å². The molecule has 1 aromatic rings. The fraction of sp³-hybridized carbons (Fsp3) is 0.647. The monoisotopic (exact) mass is 352 g/mol.